The second kappa shape index (κ2) is 6.15. The lowest BCUT2D eigenvalue weighted by atomic mass is 10.2. The van der Waals surface area contributed by atoms with E-state index >= 15 is 0 Å². The molecule has 0 saturated heterocycles. The van der Waals surface area contributed by atoms with E-state index in [1.54, 1.807) is 0 Å². The van der Waals surface area contributed by atoms with Crippen LogP contribution in [0.2, 0.25) is 0 Å². The Morgan fingerprint density at radius 3 is 2.50 bits per heavy atom. The summed E-state index contributed by atoms with van der Waals surface area (Å²) in [5, 5.41) is 0.451. The summed E-state index contributed by atoms with van der Waals surface area (Å²) in [5.74, 6) is 0.0264. The van der Waals surface area contributed by atoms with Crippen molar-refractivity contribution in [3.63, 3.8) is 0 Å². The Balaban J connectivity index is 2.88. The number of likely N-dealkylation sites (N-methyl/N-ethyl adjacent to an activating group) is 2. The third kappa shape index (κ3) is 3.43. The summed E-state index contributed by atoms with van der Waals surface area (Å²) in [6.07, 6.45) is 0. The van der Waals surface area contributed by atoms with Gasteiger partial charge >= 0.3 is 0 Å². The number of rotatable bonds is 5. The molecule has 0 aliphatic rings. The van der Waals surface area contributed by atoms with Crippen molar-refractivity contribution in [3.8, 4) is 0 Å². The number of hydrogen-bond acceptors (Lipinski definition) is 5. The Morgan fingerprint density at radius 1 is 1.50 bits per heavy atom. The molecule has 1 unspecified atom stereocenters. The van der Waals surface area contributed by atoms with Crippen LogP contribution in [-0.2, 0) is 0 Å². The number of aromatic nitrogens is 1. The molecule has 1 aromatic heterocycles. The van der Waals surface area contributed by atoms with Gasteiger partial charge in [-0.15, -0.1) is 0 Å². The van der Waals surface area contributed by atoms with E-state index in [0.29, 0.717) is 16.6 Å². The van der Waals surface area contributed by atoms with Gasteiger partial charge in [-0.25, -0.2) is 4.98 Å². The van der Waals surface area contributed by atoms with Crippen LogP contribution in [0.15, 0.2) is 0 Å². The van der Waals surface area contributed by atoms with Gasteiger partial charge < -0.3 is 15.5 Å². The van der Waals surface area contributed by atoms with Crippen LogP contribution in [-0.4, -0.2) is 53.9 Å². The molecule has 1 heterocycles. The Bertz CT molecular complexity index is 416. The van der Waals surface area contributed by atoms with Crippen LogP contribution in [0.1, 0.15) is 29.2 Å². The van der Waals surface area contributed by atoms with Crippen molar-refractivity contribution < 1.29 is 4.79 Å². The second-order valence-electron chi connectivity index (χ2n) is 4.67. The Labute approximate surface area is 113 Å². The van der Waals surface area contributed by atoms with Crippen LogP contribution in [0.4, 0.5) is 5.13 Å². The van der Waals surface area contributed by atoms with Gasteiger partial charge in [0.05, 0.1) is 5.69 Å². The molecule has 0 radical (unpaired) electrons. The van der Waals surface area contributed by atoms with Crippen LogP contribution in [0, 0.1) is 6.92 Å². The van der Waals surface area contributed by atoms with E-state index in [1.807, 2.05) is 32.8 Å². The average Bonchev–Trinajstić information content (AvgIpc) is 2.57. The van der Waals surface area contributed by atoms with Gasteiger partial charge in [0.15, 0.2) is 5.13 Å². The first-order chi connectivity index (χ1) is 8.36. The summed E-state index contributed by atoms with van der Waals surface area (Å²) in [7, 11) is 4.01. The number of hydrogen-bond donors (Lipinski definition) is 1. The first-order valence-electron chi connectivity index (χ1n) is 6.05. The Hall–Kier alpha value is -1.14. The molecule has 0 bridgehead atoms. The molecule has 1 rings (SSSR count). The predicted molar refractivity (Wildman–Crippen MR) is 76.0 cm³/mol. The van der Waals surface area contributed by atoms with Gasteiger partial charge in [-0.1, -0.05) is 11.3 Å². The van der Waals surface area contributed by atoms with Gasteiger partial charge in [-0.3, -0.25) is 4.79 Å². The van der Waals surface area contributed by atoms with Crippen molar-refractivity contribution in [1.82, 2.24) is 14.8 Å². The molecule has 2 N–H and O–H groups in total. The number of nitrogens with zero attached hydrogens (tertiary/aromatic N) is 3. The van der Waals surface area contributed by atoms with Gasteiger partial charge in [0.25, 0.3) is 5.91 Å². The maximum atomic E-state index is 12.5. The highest BCUT2D eigenvalue weighted by atomic mass is 32.1. The number of amides is 1. The van der Waals surface area contributed by atoms with Crippen molar-refractivity contribution in [2.45, 2.75) is 26.8 Å². The average molecular weight is 270 g/mol. The fraction of sp³-hybridized carbons (Fsp3) is 0.667. The van der Waals surface area contributed by atoms with Gasteiger partial charge in [0.2, 0.25) is 0 Å². The van der Waals surface area contributed by atoms with Crippen LogP contribution >= 0.6 is 11.3 Å². The van der Waals surface area contributed by atoms with Crippen molar-refractivity contribution in [3.05, 3.63) is 10.6 Å². The molecule has 18 heavy (non-hydrogen) atoms. The molecule has 5 nitrogen and oxygen atoms in total. The lowest BCUT2D eigenvalue weighted by Gasteiger charge is -2.29. The molecule has 1 aromatic rings. The fourth-order valence-electron chi connectivity index (χ4n) is 2.03. The molecular formula is C12H22N4OS. The zero-order valence-corrected chi connectivity index (χ0v) is 12.5. The van der Waals surface area contributed by atoms with Crippen LogP contribution in [0.25, 0.3) is 0 Å². The topological polar surface area (TPSA) is 62.5 Å². The van der Waals surface area contributed by atoms with Crippen LogP contribution in [0.3, 0.4) is 0 Å². The zero-order chi connectivity index (χ0) is 13.9. The molecule has 0 spiro atoms. The van der Waals surface area contributed by atoms with Gasteiger partial charge in [-0.05, 0) is 34.9 Å². The molecule has 102 valence electrons. The van der Waals surface area contributed by atoms with Crippen molar-refractivity contribution >= 4 is 22.4 Å². The van der Waals surface area contributed by atoms with E-state index in [1.165, 1.54) is 11.3 Å². The van der Waals surface area contributed by atoms with Gasteiger partial charge in [0, 0.05) is 19.1 Å². The van der Waals surface area contributed by atoms with Gasteiger partial charge in [0.1, 0.15) is 4.88 Å². The number of carbonyl (C=O) groups excluding carboxylic acids is 1. The Kier molecular flexibility index (Phi) is 5.10. The van der Waals surface area contributed by atoms with Crippen molar-refractivity contribution in [1.29, 1.82) is 0 Å². The molecule has 1 atom stereocenters. The number of nitrogens with two attached hydrogens (primary N) is 1. The molecule has 1 amide bonds. The number of thiazole rings is 1. The quantitative estimate of drug-likeness (QED) is 0.879. The summed E-state index contributed by atoms with van der Waals surface area (Å²) in [5.41, 5.74) is 6.36. The molecule has 0 aliphatic heterocycles. The van der Waals surface area contributed by atoms with E-state index in [9.17, 15) is 4.79 Å². The highest BCUT2D eigenvalue weighted by molar-refractivity contribution is 7.17. The molecule has 0 aromatic carbocycles. The number of nitrogen functional groups attached to an aromatic ring is 1. The first kappa shape index (κ1) is 14.9. The molecule has 6 heteroatoms. The third-order valence-corrected chi connectivity index (χ3v) is 3.74. The summed E-state index contributed by atoms with van der Waals surface area (Å²) in [6.45, 7) is 7.40. The van der Waals surface area contributed by atoms with Crippen LogP contribution < -0.4 is 5.73 Å². The van der Waals surface area contributed by atoms with Crippen molar-refractivity contribution in [2.75, 3.05) is 32.9 Å². The second-order valence-corrected chi connectivity index (χ2v) is 5.70. The molecule has 0 aliphatic carbocycles. The molecule has 0 saturated carbocycles. The molecular weight excluding hydrogens is 248 g/mol. The summed E-state index contributed by atoms with van der Waals surface area (Å²) in [4.78, 5) is 21.2. The van der Waals surface area contributed by atoms with E-state index in [2.05, 4.69) is 16.8 Å². The largest absolute Gasteiger partial charge is 0.375 e. The zero-order valence-electron chi connectivity index (χ0n) is 11.7. The lowest BCUT2D eigenvalue weighted by molar-refractivity contribution is 0.0683. The maximum Gasteiger partial charge on any atom is 0.266 e. The number of anilines is 1. The van der Waals surface area contributed by atoms with Crippen molar-refractivity contribution in [2.24, 2.45) is 0 Å². The summed E-state index contributed by atoms with van der Waals surface area (Å²) < 4.78 is 0. The highest BCUT2D eigenvalue weighted by Crippen LogP contribution is 2.22. The fourth-order valence-corrected chi connectivity index (χ4v) is 2.82. The van der Waals surface area contributed by atoms with E-state index in [-0.39, 0.29) is 11.9 Å². The normalized spacial score (nSPS) is 12.8. The van der Waals surface area contributed by atoms with Gasteiger partial charge in [-0.2, -0.15) is 0 Å². The van der Waals surface area contributed by atoms with E-state index in [0.717, 1.165) is 12.2 Å². The number of carbonyl (C=O) groups is 1. The first-order valence-corrected chi connectivity index (χ1v) is 6.87. The minimum absolute atomic E-state index is 0.0264. The minimum Gasteiger partial charge on any atom is -0.375 e. The maximum absolute atomic E-state index is 12.5. The van der Waals surface area contributed by atoms with Crippen LogP contribution in [0.5, 0.6) is 0 Å². The number of aryl methyl sites for hydroxylation is 1. The smallest absolute Gasteiger partial charge is 0.266 e. The van der Waals surface area contributed by atoms with E-state index in [4.69, 9.17) is 5.73 Å². The standard InChI is InChI=1S/C12H22N4OS/c1-6-16(8(2)7-15(4)5)11(17)10-9(3)14-12(13)18-10/h8H,6-7H2,1-5H3,(H2,13,14). The third-order valence-electron chi connectivity index (χ3n) is 2.77. The highest BCUT2D eigenvalue weighted by Gasteiger charge is 2.24. The SMILES string of the molecule is CCN(C(=O)c1sc(N)nc1C)C(C)CN(C)C. The predicted octanol–water partition coefficient (Wildman–Crippen LogP) is 1.45. The summed E-state index contributed by atoms with van der Waals surface area (Å²) in [6, 6.07) is 0.167. The lowest BCUT2D eigenvalue weighted by Crippen LogP contribution is -2.43. The molecule has 0 fully saturated rings. The monoisotopic (exact) mass is 270 g/mol. The summed E-state index contributed by atoms with van der Waals surface area (Å²) >= 11 is 1.26. The van der Waals surface area contributed by atoms with E-state index < -0.39 is 0 Å². The minimum atomic E-state index is 0.0264. The Morgan fingerprint density at radius 2 is 2.11 bits per heavy atom.